The van der Waals surface area contributed by atoms with Crippen molar-refractivity contribution in [3.05, 3.63) is 99.4 Å². The Kier molecular flexibility index (Phi) is 7.11. The lowest BCUT2D eigenvalue weighted by Gasteiger charge is -2.08. The molecule has 6 nitrogen and oxygen atoms in total. The number of hydrogen-bond donors (Lipinski definition) is 1. The fourth-order valence-corrected chi connectivity index (χ4v) is 5.11. The number of thiazole rings is 1. The molecule has 0 unspecified atom stereocenters. The number of rotatable bonds is 6. The van der Waals surface area contributed by atoms with Crippen LogP contribution in [0.2, 0.25) is 0 Å². The first-order valence-electron chi connectivity index (χ1n) is 12.5. The van der Waals surface area contributed by atoms with Crippen molar-refractivity contribution in [2.24, 2.45) is 4.99 Å². The van der Waals surface area contributed by atoms with Crippen LogP contribution < -0.4 is 15.6 Å². The molecule has 5 rings (SSSR count). The number of fused-ring (bicyclic) bond motifs is 1. The Morgan fingerprint density at radius 3 is 2.58 bits per heavy atom. The Balaban J connectivity index is 1.60. The Morgan fingerprint density at radius 2 is 1.84 bits per heavy atom. The van der Waals surface area contributed by atoms with Gasteiger partial charge in [-0.05, 0) is 68.7 Å². The van der Waals surface area contributed by atoms with Crippen molar-refractivity contribution in [3.63, 3.8) is 0 Å². The number of amides is 1. The lowest BCUT2D eigenvalue weighted by atomic mass is 10.1. The van der Waals surface area contributed by atoms with Gasteiger partial charge in [0.15, 0.2) is 5.13 Å². The van der Waals surface area contributed by atoms with Gasteiger partial charge in [-0.3, -0.25) is 10.1 Å². The van der Waals surface area contributed by atoms with Gasteiger partial charge >= 0.3 is 0 Å². The number of aromatic nitrogens is 1. The van der Waals surface area contributed by atoms with Crippen molar-refractivity contribution in [1.29, 1.82) is 0 Å². The van der Waals surface area contributed by atoms with Crippen molar-refractivity contribution >= 4 is 39.0 Å². The van der Waals surface area contributed by atoms with Gasteiger partial charge in [0.25, 0.3) is 5.91 Å². The molecular formula is C31H29N3O3S. The Bertz CT molecular complexity index is 1720. The van der Waals surface area contributed by atoms with Crippen molar-refractivity contribution < 1.29 is 13.9 Å². The predicted molar refractivity (Wildman–Crippen MR) is 154 cm³/mol. The maximum absolute atomic E-state index is 13.7. The fourth-order valence-electron chi connectivity index (χ4n) is 4.19. The van der Waals surface area contributed by atoms with E-state index in [1.807, 2.05) is 50.2 Å². The van der Waals surface area contributed by atoms with E-state index in [0.717, 1.165) is 44.8 Å². The molecule has 0 saturated heterocycles. The molecule has 1 amide bonds. The second kappa shape index (κ2) is 10.6. The lowest BCUT2D eigenvalue weighted by molar-refractivity contribution is 0.102. The number of nitrogens with one attached hydrogen (secondary N) is 1. The molecule has 2 heterocycles. The van der Waals surface area contributed by atoms with Gasteiger partial charge in [0, 0.05) is 15.8 Å². The molecule has 1 N–H and O–H groups in total. The molecule has 0 spiro atoms. The molecule has 7 heteroatoms. The predicted octanol–water partition coefficient (Wildman–Crippen LogP) is 7.54. The van der Waals surface area contributed by atoms with Gasteiger partial charge in [0.05, 0.1) is 18.5 Å². The van der Waals surface area contributed by atoms with Crippen molar-refractivity contribution in [3.8, 4) is 17.0 Å². The summed E-state index contributed by atoms with van der Waals surface area (Å²) in [5.41, 5.74) is 7.16. The first-order chi connectivity index (χ1) is 18.4. The van der Waals surface area contributed by atoms with E-state index in [2.05, 4.69) is 43.4 Å². The summed E-state index contributed by atoms with van der Waals surface area (Å²) in [4.78, 5) is 24.3. The van der Waals surface area contributed by atoms with Crippen LogP contribution in [0.5, 0.6) is 5.75 Å². The van der Waals surface area contributed by atoms with Gasteiger partial charge in [0.2, 0.25) is 5.55 Å². The monoisotopic (exact) mass is 523 g/mol. The fraction of sp³-hybridized carbons (Fsp3) is 0.194. The summed E-state index contributed by atoms with van der Waals surface area (Å²) in [7, 11) is 1.61. The first-order valence-corrected chi connectivity index (χ1v) is 13.3. The lowest BCUT2D eigenvalue weighted by Crippen LogP contribution is -2.21. The minimum atomic E-state index is -0.339. The highest BCUT2D eigenvalue weighted by atomic mass is 32.1. The molecular weight excluding hydrogens is 494 g/mol. The van der Waals surface area contributed by atoms with E-state index in [-0.39, 0.29) is 11.5 Å². The molecule has 0 aliphatic heterocycles. The van der Waals surface area contributed by atoms with Crippen LogP contribution in [-0.4, -0.2) is 18.0 Å². The van der Waals surface area contributed by atoms with Crippen LogP contribution in [0.25, 0.3) is 22.2 Å². The van der Waals surface area contributed by atoms with E-state index in [1.54, 1.807) is 13.2 Å². The standard InChI is InChI=1S/C31H29N3O3S/c1-6-27-28(21-12-10-18(2)11-13-21)33-31(38-27)34-29(35)24-17-22-16-23(36-5)14-15-26(22)37-30(24)32-25-9-7-8-19(3)20(25)4/h7-17H,6H2,1-5H3,(H,33,34,35). The number of methoxy groups -OCH3 is 1. The van der Waals surface area contributed by atoms with Gasteiger partial charge in [0.1, 0.15) is 16.9 Å². The Hall–Kier alpha value is -4.23. The van der Waals surface area contributed by atoms with Crippen molar-refractivity contribution in [1.82, 2.24) is 4.98 Å². The maximum atomic E-state index is 13.7. The van der Waals surface area contributed by atoms with E-state index < -0.39 is 0 Å². The molecule has 38 heavy (non-hydrogen) atoms. The van der Waals surface area contributed by atoms with Crippen LogP contribution >= 0.6 is 11.3 Å². The highest BCUT2D eigenvalue weighted by Crippen LogP contribution is 2.32. The topological polar surface area (TPSA) is 76.7 Å². The molecule has 0 atom stereocenters. The van der Waals surface area contributed by atoms with Crippen LogP contribution in [0.1, 0.15) is 38.8 Å². The molecule has 0 radical (unpaired) electrons. The molecule has 3 aromatic carbocycles. The Labute approximate surface area is 225 Å². The number of ether oxygens (including phenoxy) is 1. The van der Waals surface area contributed by atoms with Crippen molar-refractivity contribution in [2.45, 2.75) is 34.1 Å². The molecule has 0 saturated carbocycles. The number of hydrogen-bond acceptors (Lipinski definition) is 6. The summed E-state index contributed by atoms with van der Waals surface area (Å²) >= 11 is 1.48. The molecule has 5 aromatic rings. The third kappa shape index (κ3) is 5.10. The zero-order valence-corrected chi connectivity index (χ0v) is 22.9. The molecule has 0 aliphatic carbocycles. The highest BCUT2D eigenvalue weighted by Gasteiger charge is 2.18. The van der Waals surface area contributed by atoms with Crippen LogP contribution in [-0.2, 0) is 6.42 Å². The number of nitrogens with zero attached hydrogens (tertiary/aromatic N) is 2. The van der Waals surface area contributed by atoms with Crippen molar-refractivity contribution in [2.75, 3.05) is 12.4 Å². The number of carbonyl (C=O) groups is 1. The first kappa shape index (κ1) is 25.4. The van der Waals surface area contributed by atoms with Gasteiger partial charge in [-0.25, -0.2) is 9.98 Å². The van der Waals surface area contributed by atoms with Gasteiger partial charge in [-0.1, -0.05) is 48.9 Å². The van der Waals surface area contributed by atoms with Gasteiger partial charge in [-0.15, -0.1) is 11.3 Å². The maximum Gasteiger partial charge on any atom is 0.262 e. The van der Waals surface area contributed by atoms with Gasteiger partial charge in [-0.2, -0.15) is 0 Å². The summed E-state index contributed by atoms with van der Waals surface area (Å²) in [6, 6.07) is 21.4. The second-order valence-corrected chi connectivity index (χ2v) is 10.2. The van der Waals surface area contributed by atoms with E-state index in [4.69, 9.17) is 19.1 Å². The number of aryl methyl sites for hydroxylation is 3. The normalized spacial score (nSPS) is 11.7. The summed E-state index contributed by atoms with van der Waals surface area (Å²) in [5, 5.41) is 4.27. The highest BCUT2D eigenvalue weighted by molar-refractivity contribution is 7.16. The van der Waals surface area contributed by atoms with E-state index in [1.165, 1.54) is 16.9 Å². The molecule has 0 aliphatic rings. The summed E-state index contributed by atoms with van der Waals surface area (Å²) in [6.45, 7) is 8.19. The van der Waals surface area contributed by atoms with E-state index in [0.29, 0.717) is 22.0 Å². The second-order valence-electron chi connectivity index (χ2n) is 9.16. The van der Waals surface area contributed by atoms with Gasteiger partial charge < -0.3 is 9.15 Å². The Morgan fingerprint density at radius 1 is 1.05 bits per heavy atom. The summed E-state index contributed by atoms with van der Waals surface area (Å²) in [5.74, 6) is 0.336. The number of anilines is 1. The quantitative estimate of drug-likeness (QED) is 0.249. The summed E-state index contributed by atoms with van der Waals surface area (Å²) < 4.78 is 11.6. The van der Waals surface area contributed by atoms with Crippen LogP contribution in [0, 0.1) is 20.8 Å². The summed E-state index contributed by atoms with van der Waals surface area (Å²) in [6.07, 6.45) is 0.815. The van der Waals surface area contributed by atoms with Crippen LogP contribution in [0.15, 0.2) is 76.1 Å². The molecule has 2 aromatic heterocycles. The minimum absolute atomic E-state index is 0.236. The minimum Gasteiger partial charge on any atom is -0.497 e. The zero-order chi connectivity index (χ0) is 26.8. The average molecular weight is 524 g/mol. The smallest absolute Gasteiger partial charge is 0.262 e. The number of benzene rings is 3. The third-order valence-electron chi connectivity index (χ3n) is 6.56. The SMILES string of the molecule is CCc1sc(NC(=O)c2cc3cc(OC)ccc3oc2=Nc2cccc(C)c2C)nc1-c1ccc(C)cc1. The van der Waals surface area contributed by atoms with Crippen LogP contribution in [0.4, 0.5) is 10.8 Å². The molecule has 0 fully saturated rings. The molecule has 0 bridgehead atoms. The average Bonchev–Trinajstić information content (AvgIpc) is 3.33. The van der Waals surface area contributed by atoms with Crippen LogP contribution in [0.3, 0.4) is 0 Å². The van der Waals surface area contributed by atoms with E-state index in [9.17, 15) is 4.79 Å². The largest absolute Gasteiger partial charge is 0.497 e. The number of carbonyl (C=O) groups excluding carboxylic acids is 1. The molecule has 192 valence electrons. The third-order valence-corrected chi connectivity index (χ3v) is 7.68. The van der Waals surface area contributed by atoms with E-state index >= 15 is 0 Å². The zero-order valence-electron chi connectivity index (χ0n) is 22.1.